The van der Waals surface area contributed by atoms with Crippen molar-refractivity contribution < 1.29 is 23.5 Å². The molecule has 0 aliphatic rings. The zero-order valence-electron chi connectivity index (χ0n) is 14.2. The molecule has 7 heteroatoms. The van der Waals surface area contributed by atoms with Gasteiger partial charge in [-0.2, -0.15) is 5.26 Å². The summed E-state index contributed by atoms with van der Waals surface area (Å²) in [6, 6.07) is 11.3. The van der Waals surface area contributed by atoms with E-state index in [0.717, 1.165) is 0 Å². The van der Waals surface area contributed by atoms with E-state index in [1.165, 1.54) is 32.3 Å². The van der Waals surface area contributed by atoms with E-state index in [9.17, 15) is 14.4 Å². The Morgan fingerprint density at radius 3 is 2.65 bits per heavy atom. The molecule has 26 heavy (non-hydrogen) atoms. The molecule has 1 N–H and O–H groups in total. The highest BCUT2D eigenvalue weighted by molar-refractivity contribution is 6.01. The maximum Gasteiger partial charge on any atom is 0.349 e. The Balaban J connectivity index is 2.02. The average molecular weight is 352 g/mol. The standard InChI is InChI=1S/C19H16N2O5/c1-12(22)14-5-3-6-16(9-14)21-18(23)13(2)26-19(24)15(11-20)10-17-7-4-8-25-17/h3-10,13H,1-2H3,(H,21,23)/b15-10+/t13-/m0/s1. The van der Waals surface area contributed by atoms with Crippen molar-refractivity contribution in [3.8, 4) is 6.07 Å². The number of nitrogens with zero attached hydrogens (tertiary/aromatic N) is 1. The molecule has 0 spiro atoms. The quantitative estimate of drug-likeness (QED) is 0.370. The van der Waals surface area contributed by atoms with Crippen LogP contribution in [0.15, 0.2) is 52.7 Å². The number of furan rings is 1. The van der Waals surface area contributed by atoms with Crippen LogP contribution in [0.4, 0.5) is 5.69 Å². The number of benzene rings is 1. The molecular formula is C19H16N2O5. The summed E-state index contributed by atoms with van der Waals surface area (Å²) in [5.41, 5.74) is 0.552. The highest BCUT2D eigenvalue weighted by Gasteiger charge is 2.21. The van der Waals surface area contributed by atoms with Gasteiger partial charge in [-0.15, -0.1) is 0 Å². The number of rotatable bonds is 6. The van der Waals surface area contributed by atoms with Crippen LogP contribution >= 0.6 is 0 Å². The van der Waals surface area contributed by atoms with Gasteiger partial charge in [-0.25, -0.2) is 4.79 Å². The van der Waals surface area contributed by atoms with Crippen LogP contribution in [0.2, 0.25) is 0 Å². The van der Waals surface area contributed by atoms with E-state index in [2.05, 4.69) is 5.32 Å². The van der Waals surface area contributed by atoms with Gasteiger partial charge in [0.2, 0.25) is 0 Å². The first-order valence-corrected chi connectivity index (χ1v) is 7.69. The fraction of sp³-hybridized carbons (Fsp3) is 0.158. The molecule has 1 atom stereocenters. The molecule has 0 saturated heterocycles. The first-order valence-electron chi connectivity index (χ1n) is 7.69. The van der Waals surface area contributed by atoms with E-state index < -0.39 is 18.0 Å². The van der Waals surface area contributed by atoms with Crippen molar-refractivity contribution in [2.45, 2.75) is 20.0 Å². The highest BCUT2D eigenvalue weighted by atomic mass is 16.5. The molecular weight excluding hydrogens is 336 g/mol. The molecule has 2 aromatic rings. The predicted molar refractivity (Wildman–Crippen MR) is 92.9 cm³/mol. The van der Waals surface area contributed by atoms with Crippen molar-refractivity contribution in [2.24, 2.45) is 0 Å². The number of amides is 1. The predicted octanol–water partition coefficient (Wildman–Crippen LogP) is 2.96. The molecule has 2 rings (SSSR count). The smallest absolute Gasteiger partial charge is 0.349 e. The van der Waals surface area contributed by atoms with Crippen LogP contribution in [0.1, 0.15) is 30.0 Å². The number of nitrogens with one attached hydrogen (secondary N) is 1. The van der Waals surface area contributed by atoms with E-state index >= 15 is 0 Å². The molecule has 132 valence electrons. The summed E-state index contributed by atoms with van der Waals surface area (Å²) in [5, 5.41) is 11.6. The lowest BCUT2D eigenvalue weighted by Gasteiger charge is -2.13. The van der Waals surface area contributed by atoms with E-state index in [4.69, 9.17) is 14.4 Å². The number of ketones is 1. The second kappa shape index (κ2) is 8.44. The summed E-state index contributed by atoms with van der Waals surface area (Å²) < 4.78 is 10.0. The van der Waals surface area contributed by atoms with Crippen LogP contribution < -0.4 is 5.32 Å². The molecule has 0 unspecified atom stereocenters. The van der Waals surface area contributed by atoms with Crippen LogP contribution in [0.25, 0.3) is 6.08 Å². The molecule has 7 nitrogen and oxygen atoms in total. The summed E-state index contributed by atoms with van der Waals surface area (Å²) in [4.78, 5) is 35.6. The number of carbonyl (C=O) groups excluding carboxylic acids is 3. The van der Waals surface area contributed by atoms with Gasteiger partial charge >= 0.3 is 5.97 Å². The lowest BCUT2D eigenvalue weighted by molar-refractivity contribution is -0.148. The lowest BCUT2D eigenvalue weighted by atomic mass is 10.1. The minimum absolute atomic E-state index is 0.137. The summed E-state index contributed by atoms with van der Waals surface area (Å²) in [6.07, 6.45) is 1.48. The van der Waals surface area contributed by atoms with Gasteiger partial charge in [0.1, 0.15) is 17.4 Å². The fourth-order valence-corrected chi connectivity index (χ4v) is 1.99. The molecule has 0 bridgehead atoms. The van der Waals surface area contributed by atoms with Crippen molar-refractivity contribution in [3.63, 3.8) is 0 Å². The van der Waals surface area contributed by atoms with Gasteiger partial charge in [0.25, 0.3) is 5.91 Å². The van der Waals surface area contributed by atoms with Crippen molar-refractivity contribution >= 4 is 29.4 Å². The van der Waals surface area contributed by atoms with Crippen molar-refractivity contribution in [2.75, 3.05) is 5.32 Å². The first-order chi connectivity index (χ1) is 12.4. The number of ether oxygens (including phenoxy) is 1. The summed E-state index contributed by atoms with van der Waals surface area (Å²) >= 11 is 0. The van der Waals surface area contributed by atoms with Gasteiger partial charge in [-0.05, 0) is 38.1 Å². The number of nitriles is 1. The minimum atomic E-state index is -1.14. The van der Waals surface area contributed by atoms with Crippen LogP contribution in [0.3, 0.4) is 0 Å². The Bertz CT molecular complexity index is 891. The van der Waals surface area contributed by atoms with Crippen LogP contribution in [-0.2, 0) is 14.3 Å². The third-order valence-electron chi connectivity index (χ3n) is 3.36. The van der Waals surface area contributed by atoms with Gasteiger partial charge in [-0.3, -0.25) is 9.59 Å². The van der Waals surface area contributed by atoms with Gasteiger partial charge in [0.15, 0.2) is 11.9 Å². The Hall–Kier alpha value is -3.66. The SMILES string of the molecule is CC(=O)c1cccc(NC(=O)[C@H](C)OC(=O)/C(C#N)=C/c2ccco2)c1. The topological polar surface area (TPSA) is 109 Å². The Labute approximate surface area is 149 Å². The largest absolute Gasteiger partial charge is 0.465 e. The van der Waals surface area contributed by atoms with Crippen molar-refractivity contribution in [1.29, 1.82) is 5.26 Å². The molecule has 0 aliphatic carbocycles. The van der Waals surface area contributed by atoms with Crippen molar-refractivity contribution in [3.05, 3.63) is 59.6 Å². The number of carbonyl (C=O) groups is 3. The third-order valence-corrected chi connectivity index (χ3v) is 3.36. The summed E-state index contributed by atoms with van der Waals surface area (Å²) in [5.74, 6) is -1.35. The lowest BCUT2D eigenvalue weighted by Crippen LogP contribution is -2.30. The van der Waals surface area contributed by atoms with Crippen LogP contribution in [0.5, 0.6) is 0 Å². The molecule has 1 heterocycles. The van der Waals surface area contributed by atoms with E-state index in [1.807, 2.05) is 0 Å². The zero-order valence-corrected chi connectivity index (χ0v) is 14.2. The summed E-state index contributed by atoms with van der Waals surface area (Å²) in [6.45, 7) is 2.80. The molecule has 0 fully saturated rings. The summed E-state index contributed by atoms with van der Waals surface area (Å²) in [7, 11) is 0. The molecule has 1 aromatic carbocycles. The molecule has 0 aliphatic heterocycles. The van der Waals surface area contributed by atoms with Gasteiger partial charge in [-0.1, -0.05) is 12.1 Å². The van der Waals surface area contributed by atoms with Crippen LogP contribution in [-0.4, -0.2) is 23.8 Å². The maximum atomic E-state index is 12.2. The highest BCUT2D eigenvalue weighted by Crippen LogP contribution is 2.13. The molecule has 1 aromatic heterocycles. The van der Waals surface area contributed by atoms with Crippen LogP contribution in [0, 0.1) is 11.3 Å². The molecule has 1 amide bonds. The number of Topliss-reactive ketones (excluding diaryl/α,β-unsaturated/α-hetero) is 1. The maximum absolute atomic E-state index is 12.2. The van der Waals surface area contributed by atoms with Gasteiger partial charge in [0, 0.05) is 17.3 Å². The van der Waals surface area contributed by atoms with Gasteiger partial charge in [0.05, 0.1) is 6.26 Å². The third kappa shape index (κ3) is 4.92. The number of hydrogen-bond donors (Lipinski definition) is 1. The second-order valence-corrected chi connectivity index (χ2v) is 5.36. The first kappa shape index (κ1) is 18.7. The number of anilines is 1. The Morgan fingerprint density at radius 1 is 1.27 bits per heavy atom. The average Bonchev–Trinajstić information content (AvgIpc) is 3.12. The Kier molecular flexibility index (Phi) is 6.06. The van der Waals surface area contributed by atoms with Gasteiger partial charge < -0.3 is 14.5 Å². The second-order valence-electron chi connectivity index (χ2n) is 5.36. The van der Waals surface area contributed by atoms with E-state index in [1.54, 1.807) is 36.4 Å². The number of esters is 1. The van der Waals surface area contributed by atoms with E-state index in [0.29, 0.717) is 17.0 Å². The zero-order chi connectivity index (χ0) is 19.1. The fourth-order valence-electron chi connectivity index (χ4n) is 1.99. The minimum Gasteiger partial charge on any atom is -0.465 e. The Morgan fingerprint density at radius 2 is 2.04 bits per heavy atom. The van der Waals surface area contributed by atoms with E-state index in [-0.39, 0.29) is 11.4 Å². The molecule has 0 saturated carbocycles. The van der Waals surface area contributed by atoms with Crippen molar-refractivity contribution in [1.82, 2.24) is 0 Å². The number of hydrogen-bond acceptors (Lipinski definition) is 6. The normalized spacial score (nSPS) is 12.0. The monoisotopic (exact) mass is 352 g/mol. The molecule has 0 radical (unpaired) electrons.